The number of carbonyl (C=O) groups excluding carboxylic acids is 16. The molecule has 0 unspecified atom stereocenters. The molecule has 4 heterocycles. The van der Waals surface area contributed by atoms with Gasteiger partial charge in [0.15, 0.2) is 0 Å². The summed E-state index contributed by atoms with van der Waals surface area (Å²) in [6, 6.07) is -3.21. The maximum Gasteiger partial charge on any atom is 0.239 e. The molecule has 55 heteroatoms. The second-order valence-corrected chi connectivity index (χ2v) is 29.0. The van der Waals surface area contributed by atoms with E-state index in [9.17, 15) is 76.7 Å². The first-order valence-corrected chi connectivity index (χ1v) is 42.7. The van der Waals surface area contributed by atoms with Crippen LogP contribution in [0.15, 0.2) is 24.8 Å². The summed E-state index contributed by atoms with van der Waals surface area (Å²) in [7, 11) is 18.0. The van der Waals surface area contributed by atoms with Crippen LogP contribution in [0.1, 0.15) is 185 Å². The van der Waals surface area contributed by atoms with Gasteiger partial charge < -0.3 is 100 Å². The van der Waals surface area contributed by atoms with Gasteiger partial charge in [0.1, 0.15) is 50.0 Å². The summed E-state index contributed by atoms with van der Waals surface area (Å²) in [5.41, 5.74) is 22.2. The van der Waals surface area contributed by atoms with Crippen LogP contribution in [0.25, 0.3) is 0 Å². The molecule has 4 aromatic heterocycles. The zero-order valence-corrected chi connectivity index (χ0v) is 89.4. The van der Waals surface area contributed by atoms with Crippen molar-refractivity contribution in [3.8, 4) is 0 Å². The number of Topliss-reactive ketones (excluding diaryl/α,β-unsaturated/α-hetero) is 1. The average molecular weight is 2170 g/mol. The first-order valence-electron chi connectivity index (χ1n) is 42.7. The molecule has 0 saturated heterocycles. The molecule has 133 heavy (non-hydrogen) atoms. The van der Waals surface area contributed by atoms with Crippen molar-refractivity contribution in [2.24, 2.45) is 28.3 Å². The van der Waals surface area contributed by atoms with E-state index in [2.05, 4.69) is 131 Å². The molecule has 724 valence electrons. The summed E-state index contributed by atoms with van der Waals surface area (Å²) < 4.78 is 30.4. The van der Waals surface area contributed by atoms with E-state index in [-0.39, 0.29) is 347 Å². The number of amides is 15. The van der Waals surface area contributed by atoms with Crippen LogP contribution in [0.2, 0.25) is 27.3 Å². The topological polar surface area (TPSA) is 669 Å². The Bertz CT molecular complexity index is 3520. The van der Waals surface area contributed by atoms with Crippen molar-refractivity contribution in [3.05, 3.63) is 47.6 Å². The quantitative estimate of drug-likeness (QED) is 0.0147. The molecule has 4 atom stereocenters. The molecule has 4 rings (SSSR count). The van der Waals surface area contributed by atoms with Gasteiger partial charge in [-0.25, -0.2) is 14.0 Å². The summed E-state index contributed by atoms with van der Waals surface area (Å²) in [5.74, 6) is -6.56. The van der Waals surface area contributed by atoms with E-state index in [0.717, 1.165) is 0 Å². The van der Waals surface area contributed by atoms with Crippen LogP contribution >= 0.6 is 0 Å². The summed E-state index contributed by atoms with van der Waals surface area (Å²) in [6.07, 6.45) is 12.9. The van der Waals surface area contributed by atoms with Crippen molar-refractivity contribution in [2.75, 3.05) is 79.0 Å². The van der Waals surface area contributed by atoms with Crippen LogP contribution in [-0.4, -0.2) is 289 Å². The Morgan fingerprint density at radius 3 is 0.767 bits per heavy atom. The number of hydrogen-bond acceptors (Lipinski definition) is 28. The number of nitrogens with zero attached hydrogens (tertiary/aromatic N) is 12. The Morgan fingerprint density at radius 2 is 0.534 bits per heavy atom. The number of ketones is 1. The van der Waals surface area contributed by atoms with Crippen LogP contribution in [0, 0.1) is 5.41 Å². The van der Waals surface area contributed by atoms with Gasteiger partial charge in [-0.1, -0.05) is 48.1 Å². The first-order chi connectivity index (χ1) is 61.8. The van der Waals surface area contributed by atoms with Crippen molar-refractivity contribution in [3.63, 3.8) is 0 Å². The van der Waals surface area contributed by atoms with E-state index < -0.39 is 70.9 Å². The Morgan fingerprint density at radius 1 is 0.316 bits per heavy atom. The van der Waals surface area contributed by atoms with E-state index in [0.29, 0.717) is 126 Å². The zero-order chi connectivity index (χ0) is 96.7. The van der Waals surface area contributed by atoms with E-state index >= 15 is 0 Å². The molecular formula is C78H133B4N27O20Y4. The van der Waals surface area contributed by atoms with Gasteiger partial charge in [0.2, 0.25) is 88.6 Å². The molecule has 19 N–H and O–H groups in total. The third kappa shape index (κ3) is 69.3. The van der Waals surface area contributed by atoms with Gasteiger partial charge in [0.25, 0.3) is 0 Å². The van der Waals surface area contributed by atoms with Crippen molar-refractivity contribution in [1.82, 2.24) is 118 Å². The predicted molar refractivity (Wildman–Crippen MR) is 473 cm³/mol. The monoisotopic (exact) mass is 2170 g/mol. The number of nitrogens with two attached hydrogens (primary N) is 4. The summed E-state index contributed by atoms with van der Waals surface area (Å²) in [5, 5.41) is 62.2. The van der Waals surface area contributed by atoms with Crippen LogP contribution in [0.4, 0.5) is 0 Å². The number of hydrogen-bond donors (Lipinski definition) is 15. The maximum absolute atomic E-state index is 13.4. The normalized spacial score (nSPS) is 11.2. The van der Waals surface area contributed by atoms with E-state index in [4.69, 9.17) is 41.9 Å². The summed E-state index contributed by atoms with van der Waals surface area (Å²) in [4.78, 5) is 196. The third-order valence-electron chi connectivity index (χ3n) is 18.1. The fourth-order valence-corrected chi connectivity index (χ4v) is 11.6. The standard InChI is InChI=1S/C74H121N27O20.4CH3B.4Y/c1-50(102)86-59(70(75)114)13-5-9-30-79-63(107)21-17-54-39-98(94-90-54)34-25-58(106)26-35-118-43-74(44-119-36-27-67(111)83-47-99-40-55(91-95-99)18-22-64(108)80-31-10-6-14-60(71(76)115)87-51(2)103,45-120-37-28-68(112)84-48-100-41-56(92-96-100)19-23-65(109)81-32-11-7-15-61(72(77)116)88-52(3)104)46-121-38-29-69(113)85-49-101-42-57(93-97-101)20-24-66(110)82-33-12-8-16-62(73(78)117)89-53(4)105;4*1-2;;;;/h39-42,59-62H,5-38,43-49H2,1-4H3,(H2,75,114)(H2,76,115)(H2,77,116)(H2,78,117)(H,79,107)(H,80,108)(H,81,109)(H,82,110)(H,83,111)(H,84,112)(H,85,113)(H,86,102)(H,87,103)(H,88,104)(H,89,105);4*1H3;;;;/t59-,60-,61-,62-;;;;;;;;/m0......../s1. The van der Waals surface area contributed by atoms with Crippen LogP contribution < -0.4 is 81.4 Å². The summed E-state index contributed by atoms with van der Waals surface area (Å²) in [6.45, 7) is 11.2. The SMILES string of the molecule is CC(=O)N[C@@H](CCCCNC(=O)CCc1cn(CCC(=O)CCOCC(COCCC(=O)NCn2cc(CCC(=O)NCCCC[C@H](NC(C)=O)C(N)=O)nn2)(COCCC(=O)NCn2cc(CCC(=O)NCCCC[C@H](NC(C)=O)C(N)=O)nn2)COCCC(=O)NCn2cc(CCC(=O)NCCCC[C@H](NC(C)=O)C(N)=O)nn2)nn1)C(N)=O.[B]C.[B]C.[B]C.[B]C.[Y].[Y].[Y].[Y]. The molecule has 0 bridgehead atoms. The van der Waals surface area contributed by atoms with Crippen LogP contribution in [0.3, 0.4) is 0 Å². The molecule has 0 aromatic carbocycles. The Hall–Kier alpha value is -7.20. The van der Waals surface area contributed by atoms with E-state index in [1.165, 1.54) is 73.7 Å². The fourth-order valence-electron chi connectivity index (χ4n) is 11.6. The van der Waals surface area contributed by atoms with Crippen molar-refractivity contribution >= 4 is 126 Å². The number of ether oxygens (including phenoxy) is 4. The largest absolute Gasteiger partial charge is 0.380 e. The predicted octanol–water partition coefficient (Wildman–Crippen LogP) is -4.41. The molecule has 0 aliphatic rings. The zero-order valence-electron chi connectivity index (χ0n) is 78.1. The second-order valence-electron chi connectivity index (χ2n) is 29.0. The molecule has 0 aliphatic heterocycles. The van der Waals surface area contributed by atoms with Crippen molar-refractivity contribution in [1.29, 1.82) is 0 Å². The Balaban J connectivity index is -0.00000442. The maximum atomic E-state index is 13.4. The smallest absolute Gasteiger partial charge is 0.239 e. The minimum absolute atomic E-state index is 0. The van der Waals surface area contributed by atoms with Gasteiger partial charge in [-0.3, -0.25) is 81.4 Å². The van der Waals surface area contributed by atoms with E-state index in [1.807, 2.05) is 0 Å². The first kappa shape index (κ1) is 134. The molecular weight excluding hydrogens is 2030 g/mol. The molecule has 0 fully saturated rings. The molecule has 15 amide bonds. The Kier molecular flexibility index (Phi) is 84.9. The minimum atomic E-state index is -1.22. The number of aromatic nitrogens is 12. The fraction of sp³-hybridized carbons (Fsp3) is 0.692. The molecule has 47 nitrogen and oxygen atoms in total. The van der Waals surface area contributed by atoms with E-state index in [1.54, 1.807) is 24.8 Å². The van der Waals surface area contributed by atoms with Gasteiger partial charge in [0.05, 0.1) is 150 Å². The molecule has 0 spiro atoms. The molecule has 0 aliphatic carbocycles. The van der Waals surface area contributed by atoms with Crippen molar-refractivity contribution in [2.45, 2.75) is 266 Å². The molecule has 12 radical (unpaired) electrons. The Labute approximate surface area is 883 Å². The van der Waals surface area contributed by atoms with Gasteiger partial charge in [-0.05, 0) is 77.0 Å². The van der Waals surface area contributed by atoms with Gasteiger partial charge in [-0.15, -0.1) is 20.4 Å². The van der Waals surface area contributed by atoms with Gasteiger partial charge in [0, 0.05) is 262 Å². The number of nitrogens with one attached hydrogen (secondary N) is 11. The average Bonchev–Trinajstić information content (AvgIpc) is 1.67. The number of primary amides is 4. The minimum Gasteiger partial charge on any atom is -0.380 e. The van der Waals surface area contributed by atoms with Crippen LogP contribution in [-0.2, 0) is 279 Å². The second kappa shape index (κ2) is 84.1. The molecule has 0 saturated carbocycles. The molecule has 4 aromatic rings. The van der Waals surface area contributed by atoms with Crippen LogP contribution in [0.5, 0.6) is 0 Å². The third-order valence-corrected chi connectivity index (χ3v) is 18.1. The number of carbonyl (C=O) groups is 16. The number of aryl methyl sites for hydroxylation is 5. The number of unbranched alkanes of at least 4 members (excludes halogenated alkanes) is 4. The van der Waals surface area contributed by atoms with Gasteiger partial charge in [-0.2, -0.15) is 0 Å². The van der Waals surface area contributed by atoms with Gasteiger partial charge >= 0.3 is 0 Å². The number of rotatable bonds is 69. The summed E-state index contributed by atoms with van der Waals surface area (Å²) >= 11 is 0. The van der Waals surface area contributed by atoms with Crippen molar-refractivity contribution < 1.29 is 226 Å².